The minimum absolute atomic E-state index is 0.0121. The molecule has 0 saturated heterocycles. The van der Waals surface area contributed by atoms with Crippen LogP contribution in [0.1, 0.15) is 163 Å². The van der Waals surface area contributed by atoms with Crippen LogP contribution >= 0.6 is 0 Å². The Morgan fingerprint density at radius 1 is 0.831 bits per heavy atom. The highest BCUT2D eigenvalue weighted by Crippen LogP contribution is 2.76. The highest BCUT2D eigenvalue weighted by Gasteiger charge is 2.70. The molecule has 5 nitrogen and oxygen atoms in total. The van der Waals surface area contributed by atoms with Crippen LogP contribution in [0.4, 0.5) is 4.39 Å². The summed E-state index contributed by atoms with van der Waals surface area (Å²) in [6.45, 7) is 22.2. The van der Waals surface area contributed by atoms with Crippen molar-refractivity contribution in [3.05, 3.63) is 71.3 Å². The number of aliphatic hydroxyl groups is 2. The molecule has 10 unspecified atom stereocenters. The molecule has 3 N–H and O–H groups in total. The Balaban J connectivity index is 0.997. The van der Waals surface area contributed by atoms with Crippen LogP contribution in [-0.4, -0.2) is 46.1 Å². The third-order valence-corrected chi connectivity index (χ3v) is 19.8. The summed E-state index contributed by atoms with van der Waals surface area (Å²) in [6.07, 6.45) is 20.9. The molecule has 7 aliphatic carbocycles. The molecule has 8 rings (SSSR count). The van der Waals surface area contributed by atoms with E-state index in [1.807, 2.05) is 37.3 Å². The molecule has 6 heteroatoms. The number of allylic oxidation sites excluding steroid dienone is 5. The summed E-state index contributed by atoms with van der Waals surface area (Å²) in [4.78, 5) is 13.4. The molecule has 0 heterocycles. The van der Waals surface area contributed by atoms with E-state index in [4.69, 9.17) is 4.74 Å². The van der Waals surface area contributed by atoms with E-state index in [2.05, 4.69) is 65.6 Å². The van der Waals surface area contributed by atoms with Crippen LogP contribution in [-0.2, 0) is 16.1 Å². The minimum atomic E-state index is -1.10. The highest BCUT2D eigenvalue weighted by molar-refractivity contribution is 5.78. The lowest BCUT2D eigenvalue weighted by atomic mass is 9.33. The summed E-state index contributed by atoms with van der Waals surface area (Å²) >= 11 is 0. The first kappa shape index (κ1) is 43.4. The largest absolute Gasteiger partial charge is 0.460 e. The SMILES string of the molecule is C=C(C)C1CCC2(NCCC3(O)CCC(C)(O)CC3)CCC3(C)C(CCC4C5(C)CC=C(C6=CCC(CF)(C(=O)OCc7ccccc7)CC6)C(C)(C)C5CCC43C)C12. The molecule has 5 saturated carbocycles. The van der Waals surface area contributed by atoms with Crippen molar-refractivity contribution in [2.75, 3.05) is 13.2 Å². The second kappa shape index (κ2) is 15.2. The van der Waals surface area contributed by atoms with Gasteiger partial charge in [0.1, 0.15) is 13.3 Å². The maximum absolute atomic E-state index is 14.8. The van der Waals surface area contributed by atoms with Crippen LogP contribution in [0.5, 0.6) is 0 Å². The van der Waals surface area contributed by atoms with Crippen molar-refractivity contribution >= 4 is 5.97 Å². The molecule has 0 amide bonds. The Bertz CT molecular complexity index is 1820. The number of esters is 1. The molecule has 5 fully saturated rings. The maximum atomic E-state index is 14.8. The fourth-order valence-electron chi connectivity index (χ4n) is 16.0. The van der Waals surface area contributed by atoms with Gasteiger partial charge in [0.05, 0.1) is 16.6 Å². The Morgan fingerprint density at radius 2 is 1.56 bits per heavy atom. The lowest BCUT2D eigenvalue weighted by Crippen LogP contribution is -2.68. The molecule has 59 heavy (non-hydrogen) atoms. The summed E-state index contributed by atoms with van der Waals surface area (Å²) in [5, 5.41) is 26.3. The normalized spacial score (nSPS) is 45.2. The molecule has 0 bridgehead atoms. The predicted molar refractivity (Wildman–Crippen MR) is 236 cm³/mol. The quantitative estimate of drug-likeness (QED) is 0.162. The summed E-state index contributed by atoms with van der Waals surface area (Å²) in [7, 11) is 0. The smallest absolute Gasteiger partial charge is 0.315 e. The molecule has 0 aromatic heterocycles. The van der Waals surface area contributed by atoms with Gasteiger partial charge in [0, 0.05) is 5.54 Å². The number of fused-ring (bicyclic) bond motifs is 7. The lowest BCUT2D eigenvalue weighted by molar-refractivity contribution is -0.221. The van der Waals surface area contributed by atoms with E-state index in [0.717, 1.165) is 24.9 Å². The van der Waals surface area contributed by atoms with E-state index in [9.17, 15) is 19.4 Å². The zero-order valence-corrected chi connectivity index (χ0v) is 37.9. The van der Waals surface area contributed by atoms with Crippen LogP contribution in [0, 0.1) is 56.7 Å². The predicted octanol–water partition coefficient (Wildman–Crippen LogP) is 11.8. The number of carbonyl (C=O) groups is 1. The summed E-state index contributed by atoms with van der Waals surface area (Å²) in [5.74, 6) is 2.56. The number of carbonyl (C=O) groups excluding carboxylic acids is 1. The van der Waals surface area contributed by atoms with Crippen molar-refractivity contribution in [2.24, 2.45) is 56.7 Å². The highest BCUT2D eigenvalue weighted by atomic mass is 19.1. The topological polar surface area (TPSA) is 78.8 Å². The summed E-state index contributed by atoms with van der Waals surface area (Å²) < 4.78 is 20.5. The standard InChI is InChI=1S/C53H78FNO4/c1-36(2)39-18-25-53(55-33-32-52(58)29-26-47(5,57)27-30-52)31-28-49(7)41(44(39)53)14-15-43-48(6)21-19-40(46(3,4)42(48)20-22-50(43,49)8)38-16-23-51(35-54,24-17-38)45(56)59-34-37-12-10-9-11-13-37/h9-13,16,19,39,41-44,55,57-58H,1,14-15,17-18,20-35H2,2-8H3. The van der Waals surface area contributed by atoms with E-state index in [1.54, 1.807) is 0 Å². The molecule has 0 radical (unpaired) electrons. The second-order valence-corrected chi connectivity index (χ2v) is 23.2. The van der Waals surface area contributed by atoms with E-state index in [-0.39, 0.29) is 33.8 Å². The van der Waals surface area contributed by atoms with Gasteiger partial charge in [-0.1, -0.05) is 89.3 Å². The van der Waals surface area contributed by atoms with Crippen molar-refractivity contribution in [3.63, 3.8) is 0 Å². The molecule has 0 spiro atoms. The first-order valence-electron chi connectivity index (χ1n) is 23.8. The van der Waals surface area contributed by atoms with Crippen LogP contribution in [0.2, 0.25) is 0 Å². The van der Waals surface area contributed by atoms with Crippen molar-refractivity contribution in [2.45, 2.75) is 181 Å². The summed E-state index contributed by atoms with van der Waals surface area (Å²) in [5.41, 5.74) is 3.41. The number of hydrogen-bond donors (Lipinski definition) is 3. The van der Waals surface area contributed by atoms with Crippen molar-refractivity contribution in [3.8, 4) is 0 Å². The Kier molecular flexibility index (Phi) is 11.2. The fraction of sp³-hybridized carbons (Fsp3) is 0.755. The van der Waals surface area contributed by atoms with Crippen molar-refractivity contribution in [1.29, 1.82) is 0 Å². The number of nitrogens with one attached hydrogen (secondary N) is 1. The number of hydrogen-bond acceptors (Lipinski definition) is 5. The van der Waals surface area contributed by atoms with Gasteiger partial charge in [0.15, 0.2) is 0 Å². The van der Waals surface area contributed by atoms with Gasteiger partial charge in [0.2, 0.25) is 0 Å². The molecule has 0 aliphatic heterocycles. The van der Waals surface area contributed by atoms with Gasteiger partial charge in [-0.25, -0.2) is 4.39 Å². The zero-order valence-electron chi connectivity index (χ0n) is 37.9. The van der Waals surface area contributed by atoms with Gasteiger partial charge in [0.25, 0.3) is 0 Å². The molecule has 7 aliphatic rings. The van der Waals surface area contributed by atoms with Gasteiger partial charge in [-0.15, -0.1) is 0 Å². The van der Waals surface area contributed by atoms with Crippen molar-refractivity contribution in [1.82, 2.24) is 5.32 Å². The molecule has 1 aromatic rings. The lowest BCUT2D eigenvalue weighted by Gasteiger charge is -2.72. The number of benzene rings is 1. The van der Waals surface area contributed by atoms with E-state index in [0.29, 0.717) is 74.5 Å². The third-order valence-electron chi connectivity index (χ3n) is 19.8. The second-order valence-electron chi connectivity index (χ2n) is 23.2. The molecule has 1 aromatic carbocycles. The van der Waals surface area contributed by atoms with Crippen molar-refractivity contribution < 1.29 is 24.1 Å². The molecule has 326 valence electrons. The van der Waals surface area contributed by atoms with Gasteiger partial charge in [-0.05, 0) is 198 Å². The van der Waals surface area contributed by atoms with E-state index >= 15 is 0 Å². The van der Waals surface area contributed by atoms with Gasteiger partial charge in [-0.3, -0.25) is 4.79 Å². The molecular weight excluding hydrogens is 734 g/mol. The van der Waals surface area contributed by atoms with Crippen LogP contribution in [0.15, 0.2) is 65.8 Å². The van der Waals surface area contributed by atoms with E-state index in [1.165, 1.54) is 68.1 Å². The van der Waals surface area contributed by atoms with Crippen LogP contribution < -0.4 is 5.32 Å². The molecule has 10 atom stereocenters. The molecular formula is C53H78FNO4. The Morgan fingerprint density at radius 3 is 2.22 bits per heavy atom. The average molecular weight is 812 g/mol. The maximum Gasteiger partial charge on any atom is 0.315 e. The van der Waals surface area contributed by atoms with Crippen LogP contribution in [0.3, 0.4) is 0 Å². The summed E-state index contributed by atoms with van der Waals surface area (Å²) in [6, 6.07) is 9.68. The number of alkyl halides is 1. The first-order chi connectivity index (χ1) is 27.8. The zero-order chi connectivity index (χ0) is 42.3. The Hall–Kier alpha value is -2.28. The minimum Gasteiger partial charge on any atom is -0.460 e. The first-order valence-corrected chi connectivity index (χ1v) is 23.8. The third kappa shape index (κ3) is 7.08. The van der Waals surface area contributed by atoms with Crippen LogP contribution in [0.25, 0.3) is 0 Å². The fourth-order valence-corrected chi connectivity index (χ4v) is 16.0. The number of halogens is 1. The Labute approximate surface area is 356 Å². The van der Waals surface area contributed by atoms with Gasteiger partial charge < -0.3 is 20.3 Å². The number of ether oxygens (including phenoxy) is 1. The number of rotatable bonds is 10. The van der Waals surface area contributed by atoms with Gasteiger partial charge >= 0.3 is 5.97 Å². The van der Waals surface area contributed by atoms with E-state index < -0.39 is 29.3 Å². The monoisotopic (exact) mass is 812 g/mol. The average Bonchev–Trinajstić information content (AvgIpc) is 3.59. The van der Waals surface area contributed by atoms with Gasteiger partial charge in [-0.2, -0.15) is 0 Å².